The molecule has 5 heteroatoms. The molecule has 1 atom stereocenters. The molecule has 0 aliphatic carbocycles. The highest BCUT2D eigenvalue weighted by molar-refractivity contribution is 5.27. The highest BCUT2D eigenvalue weighted by Gasteiger charge is 2.25. The first-order chi connectivity index (χ1) is 12.8. The van der Waals surface area contributed by atoms with Gasteiger partial charge in [-0.1, -0.05) is 12.1 Å². The molecule has 0 bridgehead atoms. The molecule has 2 aromatic rings. The van der Waals surface area contributed by atoms with Gasteiger partial charge in [-0.15, -0.1) is 0 Å². The Morgan fingerprint density at radius 2 is 1.81 bits per heavy atom. The van der Waals surface area contributed by atoms with E-state index < -0.39 is 0 Å². The Morgan fingerprint density at radius 3 is 2.58 bits per heavy atom. The summed E-state index contributed by atoms with van der Waals surface area (Å²) in [5.74, 6) is 1.50. The van der Waals surface area contributed by atoms with Gasteiger partial charge in [-0.3, -0.25) is 14.9 Å². The van der Waals surface area contributed by atoms with E-state index in [1.165, 1.54) is 62.1 Å². The number of H-pyrrole nitrogens is 1. The summed E-state index contributed by atoms with van der Waals surface area (Å²) in [5, 5.41) is 7.71. The SMILES string of the molecule is COc1ccc(CN2CCCC(c3[nH]ncc3CN3CCCC3)C2)cc1. The molecule has 0 amide bonds. The molecule has 1 unspecified atom stereocenters. The normalized spacial score (nSPS) is 22.0. The molecule has 3 heterocycles. The zero-order chi connectivity index (χ0) is 17.8. The van der Waals surface area contributed by atoms with Gasteiger partial charge in [0.15, 0.2) is 0 Å². The molecule has 2 aliphatic heterocycles. The second-order valence-electron chi connectivity index (χ2n) is 7.71. The van der Waals surface area contributed by atoms with Crippen molar-refractivity contribution in [1.29, 1.82) is 0 Å². The average molecular weight is 354 g/mol. The van der Waals surface area contributed by atoms with Crippen LogP contribution in [-0.2, 0) is 13.1 Å². The first-order valence-corrected chi connectivity index (χ1v) is 9.91. The molecule has 1 aromatic heterocycles. The molecule has 2 aliphatic rings. The maximum Gasteiger partial charge on any atom is 0.118 e. The van der Waals surface area contributed by atoms with Crippen LogP contribution in [0.1, 0.15) is 48.4 Å². The van der Waals surface area contributed by atoms with E-state index in [0.29, 0.717) is 5.92 Å². The molecule has 2 saturated heterocycles. The standard InChI is InChI=1S/C21H30N4O/c1-26-20-8-6-17(7-9-20)14-25-12-4-5-18(15-25)21-19(13-22-23-21)16-24-10-2-3-11-24/h6-9,13,18H,2-5,10-12,14-16H2,1H3,(H,22,23). The third-order valence-corrected chi connectivity index (χ3v) is 5.82. The van der Waals surface area contributed by atoms with E-state index in [2.05, 4.69) is 50.5 Å². The van der Waals surface area contributed by atoms with Gasteiger partial charge in [-0.2, -0.15) is 5.10 Å². The van der Waals surface area contributed by atoms with Crippen LogP contribution in [0.25, 0.3) is 0 Å². The first kappa shape index (κ1) is 17.6. The predicted octanol–water partition coefficient (Wildman–Crippen LogP) is 3.39. The van der Waals surface area contributed by atoms with E-state index in [4.69, 9.17) is 4.74 Å². The minimum absolute atomic E-state index is 0.571. The van der Waals surface area contributed by atoms with Crippen LogP contribution >= 0.6 is 0 Å². The van der Waals surface area contributed by atoms with E-state index in [0.717, 1.165) is 25.4 Å². The van der Waals surface area contributed by atoms with Crippen molar-refractivity contribution in [3.8, 4) is 5.75 Å². The van der Waals surface area contributed by atoms with Crippen LogP contribution in [-0.4, -0.2) is 53.3 Å². The zero-order valence-electron chi connectivity index (χ0n) is 15.8. The minimum atomic E-state index is 0.571. The van der Waals surface area contributed by atoms with Gasteiger partial charge in [0.1, 0.15) is 5.75 Å². The number of nitrogens with one attached hydrogen (secondary N) is 1. The number of ether oxygens (including phenoxy) is 1. The number of hydrogen-bond donors (Lipinski definition) is 1. The number of rotatable bonds is 6. The number of hydrogen-bond acceptors (Lipinski definition) is 4. The van der Waals surface area contributed by atoms with Gasteiger partial charge < -0.3 is 4.74 Å². The van der Waals surface area contributed by atoms with Gasteiger partial charge in [-0.05, 0) is 63.0 Å². The molecular weight excluding hydrogens is 324 g/mol. The monoisotopic (exact) mass is 354 g/mol. The number of methoxy groups -OCH3 is 1. The fourth-order valence-electron chi connectivity index (χ4n) is 4.41. The summed E-state index contributed by atoms with van der Waals surface area (Å²) in [7, 11) is 1.72. The van der Waals surface area contributed by atoms with Crippen molar-refractivity contribution in [2.24, 2.45) is 0 Å². The van der Waals surface area contributed by atoms with Gasteiger partial charge in [0.2, 0.25) is 0 Å². The van der Waals surface area contributed by atoms with Crippen molar-refractivity contribution in [3.05, 3.63) is 47.3 Å². The van der Waals surface area contributed by atoms with Crippen LogP contribution in [0.3, 0.4) is 0 Å². The fraction of sp³-hybridized carbons (Fsp3) is 0.571. The van der Waals surface area contributed by atoms with Crippen LogP contribution in [0.15, 0.2) is 30.5 Å². The molecular formula is C21H30N4O. The van der Waals surface area contributed by atoms with Crippen LogP contribution < -0.4 is 4.74 Å². The molecule has 1 aromatic carbocycles. The van der Waals surface area contributed by atoms with Crippen molar-refractivity contribution >= 4 is 0 Å². The van der Waals surface area contributed by atoms with E-state index in [-0.39, 0.29) is 0 Å². The summed E-state index contributed by atoms with van der Waals surface area (Å²) in [6.45, 7) is 6.83. The topological polar surface area (TPSA) is 44.4 Å². The van der Waals surface area contributed by atoms with Gasteiger partial charge >= 0.3 is 0 Å². The third kappa shape index (κ3) is 4.10. The molecule has 4 rings (SSSR count). The predicted molar refractivity (Wildman–Crippen MR) is 103 cm³/mol. The maximum absolute atomic E-state index is 5.26. The van der Waals surface area contributed by atoms with Crippen molar-refractivity contribution in [3.63, 3.8) is 0 Å². The minimum Gasteiger partial charge on any atom is -0.497 e. The van der Waals surface area contributed by atoms with Crippen molar-refractivity contribution in [2.45, 2.75) is 44.7 Å². The number of nitrogens with zero attached hydrogens (tertiary/aromatic N) is 3. The lowest BCUT2D eigenvalue weighted by Gasteiger charge is -2.33. The Labute approximate surface area is 156 Å². The molecule has 26 heavy (non-hydrogen) atoms. The van der Waals surface area contributed by atoms with Crippen LogP contribution in [0.2, 0.25) is 0 Å². The maximum atomic E-state index is 5.26. The lowest BCUT2D eigenvalue weighted by Crippen LogP contribution is -2.34. The molecule has 0 radical (unpaired) electrons. The highest BCUT2D eigenvalue weighted by Crippen LogP contribution is 2.29. The van der Waals surface area contributed by atoms with E-state index in [1.54, 1.807) is 7.11 Å². The smallest absolute Gasteiger partial charge is 0.118 e. The number of aromatic nitrogens is 2. The summed E-state index contributed by atoms with van der Waals surface area (Å²) in [6.07, 6.45) is 7.24. The van der Waals surface area contributed by atoms with E-state index >= 15 is 0 Å². The van der Waals surface area contributed by atoms with Crippen molar-refractivity contribution in [1.82, 2.24) is 20.0 Å². The van der Waals surface area contributed by atoms with Gasteiger partial charge in [0, 0.05) is 36.8 Å². The Kier molecular flexibility index (Phi) is 5.56. The van der Waals surface area contributed by atoms with E-state index in [1.807, 2.05) is 0 Å². The summed E-state index contributed by atoms with van der Waals surface area (Å²) < 4.78 is 5.26. The summed E-state index contributed by atoms with van der Waals surface area (Å²) in [5.41, 5.74) is 4.13. The summed E-state index contributed by atoms with van der Waals surface area (Å²) in [4.78, 5) is 5.14. The van der Waals surface area contributed by atoms with Gasteiger partial charge in [-0.25, -0.2) is 0 Å². The molecule has 1 N–H and O–H groups in total. The molecule has 140 valence electrons. The molecule has 5 nitrogen and oxygen atoms in total. The van der Waals surface area contributed by atoms with E-state index in [9.17, 15) is 0 Å². The van der Waals surface area contributed by atoms with Crippen LogP contribution in [0.4, 0.5) is 0 Å². The molecule has 2 fully saturated rings. The second-order valence-corrected chi connectivity index (χ2v) is 7.71. The quantitative estimate of drug-likeness (QED) is 0.864. The van der Waals surface area contributed by atoms with Gasteiger partial charge in [0.25, 0.3) is 0 Å². The Balaban J connectivity index is 1.39. The van der Waals surface area contributed by atoms with Crippen molar-refractivity contribution in [2.75, 3.05) is 33.3 Å². The van der Waals surface area contributed by atoms with Gasteiger partial charge in [0.05, 0.1) is 13.3 Å². The molecule has 0 spiro atoms. The first-order valence-electron chi connectivity index (χ1n) is 9.91. The van der Waals surface area contributed by atoms with Crippen LogP contribution in [0, 0.1) is 0 Å². The Morgan fingerprint density at radius 1 is 1.04 bits per heavy atom. The Bertz CT molecular complexity index is 690. The van der Waals surface area contributed by atoms with Crippen molar-refractivity contribution < 1.29 is 4.74 Å². The summed E-state index contributed by atoms with van der Waals surface area (Å²) >= 11 is 0. The van der Waals surface area contributed by atoms with Crippen LogP contribution in [0.5, 0.6) is 5.75 Å². The average Bonchev–Trinajstić information content (AvgIpc) is 3.35. The lowest BCUT2D eigenvalue weighted by atomic mass is 9.92. The number of aromatic amines is 1. The second kappa shape index (κ2) is 8.23. The Hall–Kier alpha value is -1.85. The largest absolute Gasteiger partial charge is 0.497 e. The number of likely N-dealkylation sites (tertiary alicyclic amines) is 2. The molecule has 0 saturated carbocycles. The lowest BCUT2D eigenvalue weighted by molar-refractivity contribution is 0.197. The third-order valence-electron chi connectivity index (χ3n) is 5.82. The zero-order valence-corrected chi connectivity index (χ0v) is 15.8. The number of benzene rings is 1. The highest BCUT2D eigenvalue weighted by atomic mass is 16.5. The fourth-order valence-corrected chi connectivity index (χ4v) is 4.41. The number of piperidine rings is 1. The summed E-state index contributed by atoms with van der Waals surface area (Å²) in [6, 6.07) is 8.47.